The number of rotatable bonds is 9. The lowest BCUT2D eigenvalue weighted by Gasteiger charge is -2.23. The Morgan fingerprint density at radius 2 is 1.68 bits per heavy atom. The fraction of sp³-hybridized carbons (Fsp3) is 0.269. The molecule has 1 fully saturated rings. The molecule has 0 atom stereocenters. The maximum Gasteiger partial charge on any atom is 0.264 e. The largest absolute Gasteiger partial charge is 0.495 e. The molecule has 1 aliphatic heterocycles. The van der Waals surface area contributed by atoms with Crippen molar-refractivity contribution < 1.29 is 26.4 Å². The first-order valence-corrected chi connectivity index (χ1v) is 15.2. The van der Waals surface area contributed by atoms with Crippen molar-refractivity contribution >= 4 is 48.9 Å². The number of hydrogen-bond donors (Lipinski definition) is 1. The van der Waals surface area contributed by atoms with Gasteiger partial charge in [-0.15, -0.1) is 0 Å². The average Bonchev–Trinajstić information content (AvgIpc) is 3.46. The number of methoxy groups -OCH3 is 1. The highest BCUT2D eigenvalue weighted by Gasteiger charge is 2.30. The molecule has 1 N–H and O–H groups in total. The number of amides is 1. The standard InChI is InChI=1S/C26H28ClN3O6S2/c1-3-30(20-9-5-4-6-10-20)37(32,33)21-12-14-24(36-2)23(18-21)28-26(31)19-11-13-22(27)25(17-19)38(34,35)29-15-7-8-16-29/h4-6,9-14,17-18H,3,7-8,15-16H2,1-2H3,(H,28,31). The first-order valence-electron chi connectivity index (χ1n) is 12.0. The van der Waals surface area contributed by atoms with Gasteiger partial charge in [0.25, 0.3) is 15.9 Å². The number of benzene rings is 3. The van der Waals surface area contributed by atoms with Crippen LogP contribution in [0.25, 0.3) is 0 Å². The molecule has 1 heterocycles. The topological polar surface area (TPSA) is 113 Å². The van der Waals surface area contributed by atoms with Crippen LogP contribution in [0.3, 0.4) is 0 Å². The summed E-state index contributed by atoms with van der Waals surface area (Å²) in [5.74, 6) is -0.415. The number of carbonyl (C=O) groups excluding carboxylic acids is 1. The number of anilines is 2. The predicted octanol–water partition coefficient (Wildman–Crippen LogP) is 4.60. The number of hydrogen-bond acceptors (Lipinski definition) is 6. The van der Waals surface area contributed by atoms with E-state index in [-0.39, 0.29) is 38.4 Å². The molecule has 0 aliphatic carbocycles. The summed E-state index contributed by atoms with van der Waals surface area (Å²) in [6, 6.07) is 16.8. The van der Waals surface area contributed by atoms with E-state index in [0.29, 0.717) is 18.8 Å². The highest BCUT2D eigenvalue weighted by molar-refractivity contribution is 7.92. The molecule has 4 rings (SSSR count). The first kappa shape index (κ1) is 27.9. The Labute approximate surface area is 228 Å². The second kappa shape index (κ2) is 11.3. The van der Waals surface area contributed by atoms with Crippen molar-refractivity contribution in [1.29, 1.82) is 0 Å². The minimum Gasteiger partial charge on any atom is -0.495 e. The van der Waals surface area contributed by atoms with Gasteiger partial charge in [0.1, 0.15) is 10.6 Å². The van der Waals surface area contributed by atoms with Crippen LogP contribution in [0.15, 0.2) is 76.5 Å². The minimum atomic E-state index is -3.97. The van der Waals surface area contributed by atoms with Gasteiger partial charge >= 0.3 is 0 Å². The van der Waals surface area contributed by atoms with Crippen LogP contribution < -0.4 is 14.4 Å². The zero-order valence-electron chi connectivity index (χ0n) is 20.9. The molecule has 0 unspecified atom stereocenters. The van der Waals surface area contributed by atoms with Gasteiger partial charge in [0, 0.05) is 25.2 Å². The van der Waals surface area contributed by atoms with Crippen molar-refractivity contribution in [2.45, 2.75) is 29.6 Å². The zero-order chi connectivity index (χ0) is 27.5. The first-order chi connectivity index (χ1) is 18.1. The van der Waals surface area contributed by atoms with Crippen molar-refractivity contribution in [2.24, 2.45) is 0 Å². The molecule has 1 saturated heterocycles. The molecule has 0 saturated carbocycles. The maximum atomic E-state index is 13.5. The predicted molar refractivity (Wildman–Crippen MR) is 147 cm³/mol. The second-order valence-corrected chi connectivity index (χ2v) is 12.8. The second-order valence-electron chi connectivity index (χ2n) is 8.58. The van der Waals surface area contributed by atoms with Crippen molar-refractivity contribution in [3.63, 3.8) is 0 Å². The SMILES string of the molecule is CCN(c1ccccc1)S(=O)(=O)c1ccc(OC)c(NC(=O)c2ccc(Cl)c(S(=O)(=O)N3CCCC3)c2)c1. The molecule has 9 nitrogen and oxygen atoms in total. The van der Waals surface area contributed by atoms with Gasteiger partial charge in [0.05, 0.1) is 28.4 Å². The molecule has 0 bridgehead atoms. The Kier molecular flexibility index (Phi) is 8.31. The number of nitrogens with zero attached hydrogens (tertiary/aromatic N) is 2. The summed E-state index contributed by atoms with van der Waals surface area (Å²) in [4.78, 5) is 13.0. The smallest absolute Gasteiger partial charge is 0.264 e. The molecule has 3 aromatic carbocycles. The summed E-state index contributed by atoms with van der Waals surface area (Å²) >= 11 is 6.21. The average molecular weight is 578 g/mol. The third kappa shape index (κ3) is 5.51. The van der Waals surface area contributed by atoms with Gasteiger partial charge in [0.15, 0.2) is 0 Å². The van der Waals surface area contributed by atoms with Crippen LogP contribution in [0.1, 0.15) is 30.1 Å². The Balaban J connectivity index is 1.67. The molecule has 0 radical (unpaired) electrons. The number of carbonyl (C=O) groups is 1. The van der Waals surface area contributed by atoms with Gasteiger partial charge < -0.3 is 10.1 Å². The third-order valence-corrected chi connectivity index (χ3v) is 10.5. The van der Waals surface area contributed by atoms with E-state index in [1.54, 1.807) is 37.3 Å². The summed E-state index contributed by atoms with van der Waals surface area (Å²) in [6.45, 7) is 2.71. The van der Waals surface area contributed by atoms with E-state index in [1.165, 1.54) is 52.1 Å². The molecular weight excluding hydrogens is 550 g/mol. The minimum absolute atomic E-state index is 0.0136. The highest BCUT2D eigenvalue weighted by atomic mass is 35.5. The maximum absolute atomic E-state index is 13.5. The normalized spacial score (nSPS) is 14.3. The Hall–Kier alpha value is -3.12. The zero-order valence-corrected chi connectivity index (χ0v) is 23.3. The monoisotopic (exact) mass is 577 g/mol. The van der Waals surface area contributed by atoms with Crippen molar-refractivity contribution in [2.75, 3.05) is 36.4 Å². The Morgan fingerprint density at radius 1 is 1.00 bits per heavy atom. The van der Waals surface area contributed by atoms with Crippen LogP contribution >= 0.6 is 11.6 Å². The molecule has 38 heavy (non-hydrogen) atoms. The van der Waals surface area contributed by atoms with Crippen LogP contribution in [0.2, 0.25) is 5.02 Å². The van der Waals surface area contributed by atoms with E-state index in [1.807, 2.05) is 0 Å². The number of nitrogens with one attached hydrogen (secondary N) is 1. The number of para-hydroxylation sites is 1. The van der Waals surface area contributed by atoms with E-state index < -0.39 is 26.0 Å². The summed E-state index contributed by atoms with van der Waals surface area (Å²) < 4.78 is 61.0. The van der Waals surface area contributed by atoms with E-state index in [2.05, 4.69) is 5.32 Å². The fourth-order valence-corrected chi connectivity index (χ4v) is 7.78. The van der Waals surface area contributed by atoms with Gasteiger partial charge in [-0.25, -0.2) is 16.8 Å². The van der Waals surface area contributed by atoms with Crippen LogP contribution in [0, 0.1) is 0 Å². The van der Waals surface area contributed by atoms with Crippen molar-refractivity contribution in [3.05, 3.63) is 77.3 Å². The van der Waals surface area contributed by atoms with Gasteiger partial charge in [-0.1, -0.05) is 29.8 Å². The molecule has 1 amide bonds. The summed E-state index contributed by atoms with van der Waals surface area (Å²) in [6.07, 6.45) is 1.52. The molecule has 0 spiro atoms. The van der Waals surface area contributed by atoms with Gasteiger partial charge in [-0.3, -0.25) is 9.10 Å². The molecule has 0 aromatic heterocycles. The number of ether oxygens (including phenoxy) is 1. The third-order valence-electron chi connectivity index (χ3n) is 6.21. The highest BCUT2D eigenvalue weighted by Crippen LogP contribution is 2.32. The lowest BCUT2D eigenvalue weighted by Crippen LogP contribution is -2.30. The Bertz CT molecular complexity index is 1540. The molecule has 1 aliphatic rings. The number of halogens is 1. The molecule has 202 valence electrons. The van der Waals surface area contributed by atoms with Gasteiger partial charge in [-0.2, -0.15) is 4.31 Å². The molecular formula is C26H28ClN3O6S2. The van der Waals surface area contributed by atoms with Crippen LogP contribution in [0.5, 0.6) is 5.75 Å². The summed E-state index contributed by atoms with van der Waals surface area (Å²) in [5, 5.41) is 2.67. The quantitative estimate of drug-likeness (QED) is 0.398. The lowest BCUT2D eigenvalue weighted by atomic mass is 10.2. The lowest BCUT2D eigenvalue weighted by molar-refractivity contribution is 0.102. The van der Waals surface area contributed by atoms with Crippen LogP contribution in [0.4, 0.5) is 11.4 Å². The van der Waals surface area contributed by atoms with E-state index in [4.69, 9.17) is 16.3 Å². The fourth-order valence-electron chi connectivity index (χ4n) is 4.26. The van der Waals surface area contributed by atoms with Gasteiger partial charge in [-0.05, 0) is 68.3 Å². The van der Waals surface area contributed by atoms with Crippen LogP contribution in [-0.2, 0) is 20.0 Å². The number of sulfonamides is 2. The summed E-state index contributed by atoms with van der Waals surface area (Å²) in [5.41, 5.74) is 0.660. The van der Waals surface area contributed by atoms with E-state index >= 15 is 0 Å². The van der Waals surface area contributed by atoms with Gasteiger partial charge in [0.2, 0.25) is 10.0 Å². The van der Waals surface area contributed by atoms with E-state index in [9.17, 15) is 21.6 Å². The molecule has 3 aromatic rings. The van der Waals surface area contributed by atoms with Crippen molar-refractivity contribution in [1.82, 2.24) is 4.31 Å². The van der Waals surface area contributed by atoms with E-state index in [0.717, 1.165) is 12.8 Å². The van der Waals surface area contributed by atoms with Crippen LogP contribution in [-0.4, -0.2) is 53.8 Å². The Morgan fingerprint density at radius 3 is 2.32 bits per heavy atom. The van der Waals surface area contributed by atoms with Crippen molar-refractivity contribution in [3.8, 4) is 5.75 Å². The summed E-state index contributed by atoms with van der Waals surface area (Å²) in [7, 11) is -6.44. The molecule has 12 heteroatoms.